The number of hydrogen-bond donors (Lipinski definition) is 1. The van der Waals surface area contributed by atoms with E-state index >= 15 is 0 Å². The minimum absolute atomic E-state index is 0.0929. The molecule has 3 aromatic carbocycles. The van der Waals surface area contributed by atoms with Crippen LogP contribution in [-0.2, 0) is 11.0 Å². The fourth-order valence-electron chi connectivity index (χ4n) is 3.80. The van der Waals surface area contributed by atoms with Crippen molar-refractivity contribution in [3.05, 3.63) is 96.1 Å². The van der Waals surface area contributed by atoms with Gasteiger partial charge in [0.2, 0.25) is 0 Å². The standard InChI is InChI=1S/C24H26O2SSi/c1-24(2,3)28(20-13-6-4-7-14-20,21-15-8-5-9-16-21)26-18-19-12-10-11-17-22(19)23(25)27/h4-17H,18H2,1-3H3,(H,25,27). The number of aliphatic hydroxyl groups is 1. The molecule has 0 aliphatic rings. The quantitative estimate of drug-likeness (QED) is 0.462. The molecule has 0 atom stereocenters. The highest BCUT2D eigenvalue weighted by Crippen LogP contribution is 2.37. The fraction of sp³-hybridized carbons (Fsp3) is 0.208. The van der Waals surface area contributed by atoms with E-state index in [-0.39, 0.29) is 10.1 Å². The van der Waals surface area contributed by atoms with Crippen LogP contribution in [-0.4, -0.2) is 18.5 Å². The Morgan fingerprint density at radius 3 is 1.75 bits per heavy atom. The van der Waals surface area contributed by atoms with Crippen LogP contribution in [0, 0.1) is 0 Å². The van der Waals surface area contributed by atoms with Gasteiger partial charge in [-0.25, -0.2) is 0 Å². The van der Waals surface area contributed by atoms with Gasteiger partial charge in [0.15, 0.2) is 5.05 Å². The molecule has 0 unspecified atom stereocenters. The van der Waals surface area contributed by atoms with Crippen molar-refractivity contribution in [1.82, 2.24) is 0 Å². The third kappa shape index (κ3) is 3.95. The summed E-state index contributed by atoms with van der Waals surface area (Å²) in [5, 5.41) is 12.2. The molecule has 0 radical (unpaired) electrons. The van der Waals surface area contributed by atoms with Crippen LogP contribution in [0.15, 0.2) is 84.9 Å². The lowest BCUT2D eigenvalue weighted by Gasteiger charge is -2.43. The molecule has 4 heteroatoms. The Kier molecular flexibility index (Phi) is 6.13. The molecule has 0 bridgehead atoms. The Labute approximate surface area is 174 Å². The molecular formula is C24H26O2SSi. The number of hydrogen-bond acceptors (Lipinski definition) is 2. The average Bonchev–Trinajstić information content (AvgIpc) is 2.69. The van der Waals surface area contributed by atoms with Gasteiger partial charge >= 0.3 is 0 Å². The first-order valence-corrected chi connectivity index (χ1v) is 11.7. The van der Waals surface area contributed by atoms with E-state index in [1.165, 1.54) is 10.4 Å². The van der Waals surface area contributed by atoms with E-state index in [0.29, 0.717) is 12.2 Å². The Hall–Kier alpha value is -2.27. The van der Waals surface area contributed by atoms with Gasteiger partial charge in [-0.05, 0) is 39.3 Å². The predicted molar refractivity (Wildman–Crippen MR) is 123 cm³/mol. The van der Waals surface area contributed by atoms with E-state index in [1.807, 2.05) is 36.4 Å². The number of aliphatic hydroxyl groups excluding tert-OH is 1. The van der Waals surface area contributed by atoms with Gasteiger partial charge in [-0.3, -0.25) is 0 Å². The Morgan fingerprint density at radius 1 is 0.821 bits per heavy atom. The number of rotatable bonds is 6. The molecule has 0 spiro atoms. The first-order chi connectivity index (χ1) is 13.4. The second-order valence-electron chi connectivity index (χ2n) is 7.91. The van der Waals surface area contributed by atoms with Crippen molar-refractivity contribution in [3.8, 4) is 0 Å². The van der Waals surface area contributed by atoms with Crippen LogP contribution in [0.1, 0.15) is 31.9 Å². The van der Waals surface area contributed by atoms with Gasteiger partial charge in [0, 0.05) is 5.56 Å². The van der Waals surface area contributed by atoms with E-state index in [2.05, 4.69) is 69.3 Å². The topological polar surface area (TPSA) is 29.5 Å². The van der Waals surface area contributed by atoms with E-state index < -0.39 is 8.32 Å². The molecule has 0 fully saturated rings. The van der Waals surface area contributed by atoms with Gasteiger partial charge in [0.25, 0.3) is 8.32 Å². The van der Waals surface area contributed by atoms with Gasteiger partial charge in [-0.15, -0.1) is 0 Å². The molecule has 3 rings (SSSR count). The predicted octanol–water partition coefficient (Wildman–Crippen LogP) is 5.00. The third-order valence-electron chi connectivity index (χ3n) is 5.11. The molecule has 144 valence electrons. The Bertz CT molecular complexity index is 894. The molecule has 0 aliphatic carbocycles. The van der Waals surface area contributed by atoms with Crippen molar-refractivity contribution in [2.24, 2.45) is 0 Å². The highest BCUT2D eigenvalue weighted by atomic mass is 32.1. The van der Waals surface area contributed by atoms with Crippen LogP contribution in [0.25, 0.3) is 0 Å². The summed E-state index contributed by atoms with van der Waals surface area (Å²) in [7, 11) is -2.61. The molecule has 0 aliphatic heterocycles. The summed E-state index contributed by atoms with van der Waals surface area (Å²) in [6.45, 7) is 7.15. The van der Waals surface area contributed by atoms with Gasteiger partial charge in [0.05, 0.1) is 6.61 Å². The number of thiocarbonyl (C=S) groups is 1. The zero-order valence-electron chi connectivity index (χ0n) is 16.6. The van der Waals surface area contributed by atoms with Crippen LogP contribution in [0.4, 0.5) is 0 Å². The summed E-state index contributed by atoms with van der Waals surface area (Å²) < 4.78 is 6.91. The molecule has 2 nitrogen and oxygen atoms in total. The van der Waals surface area contributed by atoms with E-state index in [4.69, 9.17) is 16.6 Å². The molecule has 0 heterocycles. The van der Waals surface area contributed by atoms with Crippen molar-refractivity contribution < 1.29 is 9.53 Å². The average molecular weight is 407 g/mol. The molecular weight excluding hydrogens is 380 g/mol. The monoisotopic (exact) mass is 406 g/mol. The molecule has 0 amide bonds. The van der Waals surface area contributed by atoms with E-state index in [9.17, 15) is 5.11 Å². The van der Waals surface area contributed by atoms with Crippen LogP contribution in [0.5, 0.6) is 0 Å². The summed E-state index contributed by atoms with van der Waals surface area (Å²) >= 11 is 5.03. The molecule has 0 aromatic heterocycles. The second-order valence-corrected chi connectivity index (χ2v) is 12.6. The highest BCUT2D eigenvalue weighted by molar-refractivity contribution is 7.80. The smallest absolute Gasteiger partial charge is 0.261 e. The van der Waals surface area contributed by atoms with Crippen molar-refractivity contribution in [2.75, 3.05) is 0 Å². The van der Waals surface area contributed by atoms with Crippen LogP contribution in [0.2, 0.25) is 5.04 Å². The second kappa shape index (κ2) is 8.39. The van der Waals surface area contributed by atoms with Crippen molar-refractivity contribution in [2.45, 2.75) is 32.4 Å². The maximum Gasteiger partial charge on any atom is 0.261 e. The number of benzene rings is 3. The molecule has 1 N–H and O–H groups in total. The maximum absolute atomic E-state index is 9.92. The largest absolute Gasteiger partial charge is 0.499 e. The maximum atomic E-state index is 9.92. The zero-order valence-corrected chi connectivity index (χ0v) is 18.4. The Morgan fingerprint density at radius 2 is 1.29 bits per heavy atom. The lowest BCUT2D eigenvalue weighted by Crippen LogP contribution is -2.66. The van der Waals surface area contributed by atoms with Crippen LogP contribution >= 0.6 is 12.2 Å². The summed E-state index contributed by atoms with van der Waals surface area (Å²) in [5.74, 6) is 0. The Balaban J connectivity index is 2.13. The fourth-order valence-corrected chi connectivity index (χ4v) is 8.53. The molecule has 28 heavy (non-hydrogen) atoms. The molecule has 0 saturated heterocycles. The van der Waals surface area contributed by atoms with Gasteiger partial charge < -0.3 is 9.53 Å². The molecule has 0 saturated carbocycles. The van der Waals surface area contributed by atoms with E-state index in [0.717, 1.165) is 5.56 Å². The van der Waals surface area contributed by atoms with Gasteiger partial charge in [-0.2, -0.15) is 0 Å². The summed E-state index contributed by atoms with van der Waals surface area (Å²) in [6, 6.07) is 28.7. The molecule has 3 aromatic rings. The normalized spacial score (nSPS) is 12.0. The van der Waals surface area contributed by atoms with Crippen LogP contribution < -0.4 is 10.4 Å². The summed E-state index contributed by atoms with van der Waals surface area (Å²) in [5.41, 5.74) is 1.57. The first kappa shape index (κ1) is 20.5. The van der Waals surface area contributed by atoms with Gasteiger partial charge in [0.1, 0.15) is 0 Å². The van der Waals surface area contributed by atoms with Crippen molar-refractivity contribution in [1.29, 1.82) is 0 Å². The van der Waals surface area contributed by atoms with Crippen molar-refractivity contribution >= 4 is 36.0 Å². The minimum atomic E-state index is -2.61. The SMILES string of the molecule is CC(C)(C)[Si](OCc1ccccc1C(O)=S)(c1ccccc1)c1ccccc1. The van der Waals surface area contributed by atoms with Crippen molar-refractivity contribution in [3.63, 3.8) is 0 Å². The third-order valence-corrected chi connectivity index (χ3v) is 10.3. The van der Waals surface area contributed by atoms with Gasteiger partial charge in [-0.1, -0.05) is 99.6 Å². The van der Waals surface area contributed by atoms with E-state index in [1.54, 1.807) is 0 Å². The minimum Gasteiger partial charge on any atom is -0.499 e. The lowest BCUT2D eigenvalue weighted by atomic mass is 10.1. The zero-order chi connectivity index (χ0) is 20.2. The highest BCUT2D eigenvalue weighted by Gasteiger charge is 2.50. The summed E-state index contributed by atoms with van der Waals surface area (Å²) in [4.78, 5) is 0. The summed E-state index contributed by atoms with van der Waals surface area (Å²) in [6.07, 6.45) is 0. The van der Waals surface area contributed by atoms with Crippen LogP contribution in [0.3, 0.4) is 0 Å². The first-order valence-electron chi connectivity index (χ1n) is 9.42. The lowest BCUT2D eigenvalue weighted by molar-refractivity contribution is 0.286.